The van der Waals surface area contributed by atoms with Crippen LogP contribution in [0.2, 0.25) is 5.02 Å². The number of hydrogen-bond donors (Lipinski definition) is 1. The Morgan fingerprint density at radius 3 is 2.48 bits per heavy atom. The second kappa shape index (κ2) is 8.58. The van der Waals surface area contributed by atoms with Crippen LogP contribution in [0.1, 0.15) is 22.8 Å². The highest BCUT2D eigenvalue weighted by atomic mass is 35.5. The maximum absolute atomic E-state index is 13.7. The predicted molar refractivity (Wildman–Crippen MR) is 89.4 cm³/mol. The fraction of sp³-hybridized carbons (Fsp3) is 0.222. The van der Waals surface area contributed by atoms with Crippen LogP contribution in [0.5, 0.6) is 0 Å². The van der Waals surface area contributed by atoms with Gasteiger partial charge in [-0.2, -0.15) is 0 Å². The first kappa shape index (κ1) is 18.9. The zero-order chi connectivity index (χ0) is 18.4. The van der Waals surface area contributed by atoms with Crippen LogP contribution in [-0.4, -0.2) is 24.5 Å². The molecule has 1 N–H and O–H groups in total. The summed E-state index contributed by atoms with van der Waals surface area (Å²) >= 11 is 5.78. The standard InChI is InChI=1S/C18H16ClF2NO3/c1-11(25-18(24)16-14(19)3-2-4-15(16)21)17(23)22-10-9-12-5-7-13(20)8-6-12/h2-8,11H,9-10H2,1H3,(H,22,23). The van der Waals surface area contributed by atoms with Crippen molar-refractivity contribution < 1.29 is 23.1 Å². The second-order valence-corrected chi connectivity index (χ2v) is 5.72. The molecule has 1 amide bonds. The Bertz CT molecular complexity index is 745. The number of halogens is 3. The Balaban J connectivity index is 1.85. The molecular weight excluding hydrogens is 352 g/mol. The molecule has 0 spiro atoms. The molecule has 2 aromatic carbocycles. The molecule has 0 bridgehead atoms. The number of nitrogens with one attached hydrogen (secondary N) is 1. The Kier molecular flexibility index (Phi) is 6.47. The molecule has 1 unspecified atom stereocenters. The van der Waals surface area contributed by atoms with Gasteiger partial charge in [-0.15, -0.1) is 0 Å². The highest BCUT2D eigenvalue weighted by Crippen LogP contribution is 2.20. The molecule has 0 heterocycles. The van der Waals surface area contributed by atoms with Crippen LogP contribution < -0.4 is 5.32 Å². The van der Waals surface area contributed by atoms with Gasteiger partial charge in [0.15, 0.2) is 6.10 Å². The van der Waals surface area contributed by atoms with E-state index in [0.29, 0.717) is 6.42 Å². The summed E-state index contributed by atoms with van der Waals surface area (Å²) in [5.41, 5.74) is 0.444. The lowest BCUT2D eigenvalue weighted by atomic mass is 10.1. The van der Waals surface area contributed by atoms with Crippen LogP contribution in [0, 0.1) is 11.6 Å². The van der Waals surface area contributed by atoms with Gasteiger partial charge < -0.3 is 10.1 Å². The highest BCUT2D eigenvalue weighted by molar-refractivity contribution is 6.33. The second-order valence-electron chi connectivity index (χ2n) is 5.31. The van der Waals surface area contributed by atoms with E-state index < -0.39 is 29.4 Å². The number of esters is 1. The van der Waals surface area contributed by atoms with Gasteiger partial charge in [-0.25, -0.2) is 13.6 Å². The van der Waals surface area contributed by atoms with Crippen LogP contribution in [0.25, 0.3) is 0 Å². The minimum atomic E-state index is -1.11. The molecule has 0 aliphatic heterocycles. The number of hydrogen-bond acceptors (Lipinski definition) is 3. The minimum Gasteiger partial charge on any atom is -0.449 e. The predicted octanol–water partition coefficient (Wildman–Crippen LogP) is 3.52. The molecule has 132 valence electrons. The van der Waals surface area contributed by atoms with Crippen LogP contribution in [0.4, 0.5) is 8.78 Å². The van der Waals surface area contributed by atoms with Gasteiger partial charge in [-0.3, -0.25) is 4.79 Å². The first-order valence-electron chi connectivity index (χ1n) is 7.55. The zero-order valence-electron chi connectivity index (χ0n) is 13.4. The van der Waals surface area contributed by atoms with Crippen molar-refractivity contribution in [2.45, 2.75) is 19.4 Å². The number of rotatable bonds is 6. The average molecular weight is 368 g/mol. The van der Waals surface area contributed by atoms with Gasteiger partial charge in [-0.05, 0) is 43.2 Å². The third kappa shape index (κ3) is 5.26. The van der Waals surface area contributed by atoms with Crippen LogP contribution >= 0.6 is 11.6 Å². The molecule has 0 saturated heterocycles. The number of carbonyl (C=O) groups excluding carboxylic acids is 2. The lowest BCUT2D eigenvalue weighted by Crippen LogP contribution is -2.37. The summed E-state index contributed by atoms with van der Waals surface area (Å²) in [7, 11) is 0. The fourth-order valence-corrected chi connectivity index (χ4v) is 2.33. The number of ether oxygens (including phenoxy) is 1. The molecule has 2 rings (SSSR count). The Hall–Kier alpha value is -2.47. The van der Waals surface area contributed by atoms with Crippen molar-refractivity contribution in [2.75, 3.05) is 6.54 Å². The maximum Gasteiger partial charge on any atom is 0.343 e. The Labute approximate surface area is 148 Å². The minimum absolute atomic E-state index is 0.0890. The molecule has 0 aromatic heterocycles. The lowest BCUT2D eigenvalue weighted by molar-refractivity contribution is -0.129. The normalized spacial score (nSPS) is 11.7. The van der Waals surface area contributed by atoms with E-state index in [1.54, 1.807) is 12.1 Å². The van der Waals surface area contributed by atoms with Crippen molar-refractivity contribution >= 4 is 23.5 Å². The smallest absolute Gasteiger partial charge is 0.343 e. The molecule has 0 aliphatic rings. The lowest BCUT2D eigenvalue weighted by Gasteiger charge is -2.14. The van der Waals surface area contributed by atoms with Crippen molar-refractivity contribution in [3.8, 4) is 0 Å². The summed E-state index contributed by atoms with van der Waals surface area (Å²) in [5.74, 6) is -2.69. The van der Waals surface area contributed by atoms with Gasteiger partial charge in [0.2, 0.25) is 0 Å². The highest BCUT2D eigenvalue weighted by Gasteiger charge is 2.22. The van der Waals surface area contributed by atoms with Gasteiger partial charge in [0.25, 0.3) is 5.91 Å². The van der Waals surface area contributed by atoms with Crippen LogP contribution in [0.15, 0.2) is 42.5 Å². The van der Waals surface area contributed by atoms with E-state index in [-0.39, 0.29) is 17.4 Å². The van der Waals surface area contributed by atoms with Gasteiger partial charge in [0.1, 0.15) is 17.2 Å². The molecule has 7 heteroatoms. The first-order chi connectivity index (χ1) is 11.9. The molecular formula is C18H16ClF2NO3. The SMILES string of the molecule is CC(OC(=O)c1c(F)cccc1Cl)C(=O)NCCc1ccc(F)cc1. The molecule has 25 heavy (non-hydrogen) atoms. The Morgan fingerprint density at radius 1 is 1.16 bits per heavy atom. The quantitative estimate of drug-likeness (QED) is 0.795. The number of carbonyl (C=O) groups is 2. The van der Waals surface area contributed by atoms with Crippen LogP contribution in [0.3, 0.4) is 0 Å². The van der Waals surface area contributed by atoms with Crippen molar-refractivity contribution in [1.29, 1.82) is 0 Å². The molecule has 0 aliphatic carbocycles. The molecule has 4 nitrogen and oxygen atoms in total. The topological polar surface area (TPSA) is 55.4 Å². The summed E-state index contributed by atoms with van der Waals surface area (Å²) in [4.78, 5) is 23.9. The van der Waals surface area contributed by atoms with E-state index in [1.165, 1.54) is 31.2 Å². The average Bonchev–Trinajstić information content (AvgIpc) is 2.56. The van der Waals surface area contributed by atoms with Gasteiger partial charge in [-0.1, -0.05) is 29.8 Å². The van der Waals surface area contributed by atoms with Gasteiger partial charge in [0.05, 0.1) is 5.02 Å². The summed E-state index contributed by atoms with van der Waals surface area (Å²) in [6, 6.07) is 9.69. The van der Waals surface area contributed by atoms with E-state index in [1.807, 2.05) is 0 Å². The summed E-state index contributed by atoms with van der Waals surface area (Å²) in [5, 5.41) is 2.51. The van der Waals surface area contributed by atoms with E-state index >= 15 is 0 Å². The maximum atomic E-state index is 13.7. The van der Waals surface area contributed by atoms with E-state index in [0.717, 1.165) is 11.6 Å². The summed E-state index contributed by atoms with van der Waals surface area (Å²) in [6.45, 7) is 1.66. The third-order valence-electron chi connectivity index (χ3n) is 3.45. The fourth-order valence-electron chi connectivity index (χ4n) is 2.09. The van der Waals surface area contributed by atoms with Gasteiger partial charge in [0, 0.05) is 6.54 Å². The third-order valence-corrected chi connectivity index (χ3v) is 3.76. The molecule has 1 atom stereocenters. The number of amides is 1. The first-order valence-corrected chi connectivity index (χ1v) is 7.93. The molecule has 0 fully saturated rings. The van der Waals surface area contributed by atoms with E-state index in [2.05, 4.69) is 5.32 Å². The van der Waals surface area contributed by atoms with Crippen molar-refractivity contribution in [3.63, 3.8) is 0 Å². The van der Waals surface area contributed by atoms with Crippen LogP contribution in [-0.2, 0) is 16.0 Å². The van der Waals surface area contributed by atoms with Crippen molar-refractivity contribution in [2.24, 2.45) is 0 Å². The van der Waals surface area contributed by atoms with Crippen molar-refractivity contribution in [3.05, 3.63) is 70.2 Å². The summed E-state index contributed by atoms with van der Waals surface area (Å²) < 4.78 is 31.4. The van der Waals surface area contributed by atoms with Gasteiger partial charge >= 0.3 is 5.97 Å². The Morgan fingerprint density at radius 2 is 1.84 bits per heavy atom. The largest absolute Gasteiger partial charge is 0.449 e. The van der Waals surface area contributed by atoms with E-state index in [4.69, 9.17) is 16.3 Å². The molecule has 2 aromatic rings. The van der Waals surface area contributed by atoms with Crippen molar-refractivity contribution in [1.82, 2.24) is 5.32 Å². The zero-order valence-corrected chi connectivity index (χ0v) is 14.1. The van der Waals surface area contributed by atoms with E-state index in [9.17, 15) is 18.4 Å². The summed E-state index contributed by atoms with van der Waals surface area (Å²) in [6.07, 6.45) is -0.623. The monoisotopic (exact) mass is 367 g/mol. The molecule has 0 radical (unpaired) electrons. The number of benzene rings is 2. The molecule has 0 saturated carbocycles.